The number of amides is 1. The van der Waals surface area contributed by atoms with Gasteiger partial charge in [-0.2, -0.15) is 5.10 Å². The van der Waals surface area contributed by atoms with E-state index in [9.17, 15) is 4.79 Å². The highest BCUT2D eigenvalue weighted by molar-refractivity contribution is 5.79. The molecule has 1 N–H and O–H groups in total. The second-order valence-corrected chi connectivity index (χ2v) is 5.03. The third-order valence-corrected chi connectivity index (χ3v) is 3.67. The third-order valence-electron chi connectivity index (χ3n) is 3.67. The number of hydrogen-bond acceptors (Lipinski definition) is 3. The molecule has 0 spiro atoms. The zero-order valence-electron chi connectivity index (χ0n) is 11.6. The molecule has 0 atom stereocenters. The quantitative estimate of drug-likeness (QED) is 0.927. The van der Waals surface area contributed by atoms with Gasteiger partial charge in [-0.3, -0.25) is 9.89 Å². The number of aryl methyl sites for hydroxylation is 1. The smallest absolute Gasteiger partial charge is 0.249 e. The molecular formula is C15H17N3O2. The summed E-state index contributed by atoms with van der Waals surface area (Å²) >= 11 is 0. The molecule has 104 valence electrons. The lowest BCUT2D eigenvalue weighted by molar-refractivity contribution is -0.135. The average Bonchev–Trinajstić information content (AvgIpc) is 3.00. The number of aromatic nitrogens is 2. The number of nitrogens with one attached hydrogen (secondary N) is 1. The first kappa shape index (κ1) is 12.9. The predicted molar refractivity (Wildman–Crippen MR) is 74.9 cm³/mol. The molecule has 0 radical (unpaired) electrons. The van der Waals surface area contributed by atoms with Gasteiger partial charge in [0.25, 0.3) is 0 Å². The van der Waals surface area contributed by atoms with Gasteiger partial charge in [0.05, 0.1) is 24.5 Å². The number of carbonyl (C=O) groups is 1. The number of benzene rings is 1. The number of H-pyrrole nitrogens is 1. The van der Waals surface area contributed by atoms with Crippen LogP contribution in [0.1, 0.15) is 16.8 Å². The van der Waals surface area contributed by atoms with Crippen molar-refractivity contribution >= 4 is 5.91 Å². The molecule has 0 bridgehead atoms. The minimum atomic E-state index is 0.00725. The predicted octanol–water partition coefficient (Wildman–Crippen LogP) is 1.87. The largest absolute Gasteiger partial charge is 0.375 e. The summed E-state index contributed by atoms with van der Waals surface area (Å²) in [7, 11) is 1.54. The van der Waals surface area contributed by atoms with Gasteiger partial charge >= 0.3 is 0 Å². The van der Waals surface area contributed by atoms with Gasteiger partial charge in [-0.05, 0) is 12.5 Å². The molecule has 20 heavy (non-hydrogen) atoms. The first-order valence-corrected chi connectivity index (χ1v) is 6.59. The van der Waals surface area contributed by atoms with E-state index in [0.29, 0.717) is 13.1 Å². The maximum atomic E-state index is 11.9. The first-order valence-electron chi connectivity index (χ1n) is 6.59. The maximum absolute atomic E-state index is 11.9. The van der Waals surface area contributed by atoms with Gasteiger partial charge in [-0.15, -0.1) is 0 Å². The van der Waals surface area contributed by atoms with Crippen LogP contribution < -0.4 is 0 Å². The van der Waals surface area contributed by atoms with Crippen molar-refractivity contribution in [1.82, 2.24) is 15.1 Å². The minimum Gasteiger partial charge on any atom is -0.375 e. The van der Waals surface area contributed by atoms with Crippen molar-refractivity contribution in [3.05, 3.63) is 41.1 Å². The highest BCUT2D eigenvalue weighted by Crippen LogP contribution is 2.32. The summed E-state index contributed by atoms with van der Waals surface area (Å²) in [6.45, 7) is 3.37. The van der Waals surface area contributed by atoms with Gasteiger partial charge in [0.15, 0.2) is 0 Å². The van der Waals surface area contributed by atoms with Gasteiger partial charge in [0.1, 0.15) is 6.61 Å². The first-order chi connectivity index (χ1) is 9.70. The summed E-state index contributed by atoms with van der Waals surface area (Å²) in [5.41, 5.74) is 5.39. The molecule has 1 amide bonds. The van der Waals surface area contributed by atoms with Crippen molar-refractivity contribution < 1.29 is 9.53 Å². The highest BCUT2D eigenvalue weighted by atomic mass is 16.5. The fourth-order valence-corrected chi connectivity index (χ4v) is 2.59. The minimum absolute atomic E-state index is 0.00725. The van der Waals surface area contributed by atoms with Crippen LogP contribution in [0, 0.1) is 6.92 Å². The van der Waals surface area contributed by atoms with Crippen LogP contribution in [0.3, 0.4) is 0 Å². The Morgan fingerprint density at radius 3 is 2.95 bits per heavy atom. The molecule has 3 rings (SSSR count). The number of aromatic amines is 1. The zero-order chi connectivity index (χ0) is 14.1. The lowest BCUT2D eigenvalue weighted by Crippen LogP contribution is -2.29. The van der Waals surface area contributed by atoms with E-state index in [1.54, 1.807) is 4.90 Å². The molecule has 1 aromatic carbocycles. The van der Waals surface area contributed by atoms with Crippen LogP contribution in [-0.4, -0.2) is 34.7 Å². The fraction of sp³-hybridized carbons (Fsp3) is 0.333. The van der Waals surface area contributed by atoms with Crippen molar-refractivity contribution in [2.75, 3.05) is 13.7 Å². The Hall–Kier alpha value is -2.14. The van der Waals surface area contributed by atoms with Crippen molar-refractivity contribution in [2.45, 2.75) is 20.0 Å². The number of fused-ring (bicyclic) bond motifs is 1. The second kappa shape index (κ2) is 5.09. The molecule has 0 saturated heterocycles. The van der Waals surface area contributed by atoms with Gasteiger partial charge in [0.2, 0.25) is 5.91 Å². The lowest BCUT2D eigenvalue weighted by Gasteiger charge is -2.15. The van der Waals surface area contributed by atoms with Crippen molar-refractivity contribution in [2.24, 2.45) is 0 Å². The summed E-state index contributed by atoms with van der Waals surface area (Å²) in [5, 5.41) is 7.47. The van der Waals surface area contributed by atoms with E-state index in [1.807, 2.05) is 12.1 Å². The van der Waals surface area contributed by atoms with Crippen LogP contribution in [-0.2, 0) is 22.6 Å². The number of nitrogens with zero attached hydrogens (tertiary/aromatic N) is 2. The van der Waals surface area contributed by atoms with Crippen LogP contribution in [0.25, 0.3) is 11.3 Å². The van der Waals surface area contributed by atoms with Crippen molar-refractivity contribution in [3.8, 4) is 11.3 Å². The number of hydrogen-bond donors (Lipinski definition) is 1. The van der Waals surface area contributed by atoms with E-state index < -0.39 is 0 Å². The topological polar surface area (TPSA) is 58.2 Å². The van der Waals surface area contributed by atoms with Crippen molar-refractivity contribution in [3.63, 3.8) is 0 Å². The summed E-state index contributed by atoms with van der Waals surface area (Å²) in [4.78, 5) is 13.7. The molecule has 5 heteroatoms. The second-order valence-electron chi connectivity index (χ2n) is 5.03. The number of methoxy groups -OCH3 is 1. The molecule has 0 unspecified atom stereocenters. The van der Waals surface area contributed by atoms with Crippen LogP contribution in [0.15, 0.2) is 24.3 Å². The Labute approximate surface area is 117 Å². The molecule has 0 fully saturated rings. The number of ether oxygens (including phenoxy) is 1. The Morgan fingerprint density at radius 1 is 1.40 bits per heavy atom. The highest BCUT2D eigenvalue weighted by Gasteiger charge is 2.28. The van der Waals surface area contributed by atoms with Crippen LogP contribution >= 0.6 is 0 Å². The SMILES string of the molecule is COCC(=O)N1Cc2[nH]nc(-c3ccccc3C)c2C1. The third kappa shape index (κ3) is 2.10. The van der Waals surface area contributed by atoms with E-state index in [-0.39, 0.29) is 12.5 Å². The molecule has 1 aromatic heterocycles. The summed E-state index contributed by atoms with van der Waals surface area (Å²) in [6.07, 6.45) is 0. The summed E-state index contributed by atoms with van der Waals surface area (Å²) in [6, 6.07) is 8.15. The molecular weight excluding hydrogens is 254 g/mol. The van der Waals surface area contributed by atoms with Gasteiger partial charge in [-0.25, -0.2) is 0 Å². The van der Waals surface area contributed by atoms with Gasteiger partial charge in [-0.1, -0.05) is 24.3 Å². The van der Waals surface area contributed by atoms with E-state index >= 15 is 0 Å². The molecule has 5 nitrogen and oxygen atoms in total. The van der Waals surface area contributed by atoms with Crippen LogP contribution in [0.2, 0.25) is 0 Å². The molecule has 2 aromatic rings. The Kier molecular flexibility index (Phi) is 3.28. The van der Waals surface area contributed by atoms with Crippen LogP contribution in [0.5, 0.6) is 0 Å². The molecule has 0 saturated carbocycles. The zero-order valence-corrected chi connectivity index (χ0v) is 11.6. The average molecular weight is 271 g/mol. The lowest BCUT2D eigenvalue weighted by atomic mass is 10.0. The standard InChI is InChI=1S/C15H17N3O2/c1-10-5-3-4-6-11(10)15-12-7-18(14(19)9-20-2)8-13(12)16-17-15/h3-6H,7-9H2,1-2H3,(H,16,17). The Balaban J connectivity index is 1.90. The van der Waals surface area contributed by atoms with Crippen molar-refractivity contribution in [1.29, 1.82) is 0 Å². The summed E-state index contributed by atoms with van der Waals surface area (Å²) < 4.78 is 4.91. The number of rotatable bonds is 3. The van der Waals surface area contributed by atoms with Gasteiger partial charge < -0.3 is 9.64 Å². The maximum Gasteiger partial charge on any atom is 0.249 e. The molecule has 0 aliphatic carbocycles. The fourth-order valence-electron chi connectivity index (χ4n) is 2.59. The molecule has 2 heterocycles. The van der Waals surface area contributed by atoms with E-state index in [1.165, 1.54) is 12.7 Å². The molecule has 1 aliphatic heterocycles. The monoisotopic (exact) mass is 271 g/mol. The van der Waals surface area contributed by atoms with Crippen LogP contribution in [0.4, 0.5) is 0 Å². The Bertz CT molecular complexity index is 648. The molecule has 1 aliphatic rings. The Morgan fingerprint density at radius 2 is 2.20 bits per heavy atom. The van der Waals surface area contributed by atoms with E-state index in [4.69, 9.17) is 4.74 Å². The van der Waals surface area contributed by atoms with E-state index in [2.05, 4.69) is 29.3 Å². The number of carbonyl (C=O) groups excluding carboxylic acids is 1. The van der Waals surface area contributed by atoms with E-state index in [0.717, 1.165) is 22.5 Å². The normalized spacial score (nSPS) is 13.6. The summed E-state index contributed by atoms with van der Waals surface area (Å²) in [5.74, 6) is 0.00725. The van der Waals surface area contributed by atoms with Gasteiger partial charge in [0, 0.05) is 18.2 Å².